The molecule has 28 heavy (non-hydrogen) atoms. The molecule has 0 bridgehead atoms. The molecule has 6 nitrogen and oxygen atoms in total. The highest BCUT2D eigenvalue weighted by Crippen LogP contribution is 2.33. The van der Waals surface area contributed by atoms with Crippen molar-refractivity contribution in [1.82, 2.24) is 5.32 Å². The van der Waals surface area contributed by atoms with E-state index in [-0.39, 0.29) is 12.5 Å². The summed E-state index contributed by atoms with van der Waals surface area (Å²) in [4.78, 5) is 25.1. The number of benzene rings is 3. The smallest absolute Gasteiger partial charge is 0.354 e. The van der Waals surface area contributed by atoms with E-state index in [0.29, 0.717) is 22.6 Å². The minimum Gasteiger partial charge on any atom is -0.464 e. The molecule has 3 aromatic carbocycles. The number of hydrogen-bond acceptors (Lipinski definition) is 5. The minimum absolute atomic E-state index is 0.0271. The molecule has 4 rings (SSSR count). The van der Waals surface area contributed by atoms with Crippen molar-refractivity contribution in [3.63, 3.8) is 0 Å². The molecule has 6 heteroatoms. The summed E-state index contributed by atoms with van der Waals surface area (Å²) in [6.45, 7) is 0.157. The van der Waals surface area contributed by atoms with Gasteiger partial charge >= 0.3 is 5.97 Å². The molecule has 140 valence electrons. The zero-order valence-electron chi connectivity index (χ0n) is 15.1. The summed E-state index contributed by atoms with van der Waals surface area (Å²) in [5, 5.41) is 4.41. The van der Waals surface area contributed by atoms with Gasteiger partial charge in [0.05, 0.1) is 7.11 Å². The lowest BCUT2D eigenvalue weighted by molar-refractivity contribution is -0.136. The predicted octanol–water partition coefficient (Wildman–Crippen LogP) is 3.51. The van der Waals surface area contributed by atoms with Crippen LogP contribution in [0.15, 0.2) is 66.4 Å². The van der Waals surface area contributed by atoms with Crippen LogP contribution in [-0.4, -0.2) is 25.8 Å². The van der Waals surface area contributed by atoms with Gasteiger partial charge in [-0.25, -0.2) is 4.79 Å². The summed E-state index contributed by atoms with van der Waals surface area (Å²) in [7, 11) is 1.26. The Morgan fingerprint density at radius 1 is 1.00 bits per heavy atom. The van der Waals surface area contributed by atoms with E-state index < -0.39 is 11.9 Å². The number of amides is 1. The topological polar surface area (TPSA) is 73.9 Å². The number of nitrogens with one attached hydrogen (secondary N) is 1. The number of esters is 1. The highest BCUT2D eigenvalue weighted by Gasteiger charge is 2.18. The van der Waals surface area contributed by atoms with Crippen molar-refractivity contribution in [3.05, 3.63) is 77.5 Å². The van der Waals surface area contributed by atoms with Crippen molar-refractivity contribution in [1.29, 1.82) is 0 Å². The van der Waals surface area contributed by atoms with Gasteiger partial charge in [0.25, 0.3) is 5.91 Å². The SMILES string of the molecule is COC(=O)/C(=C/c1ccc2c(c1)OCO2)NC(=O)c1cccc2ccccc12. The summed E-state index contributed by atoms with van der Waals surface area (Å²) >= 11 is 0. The quantitative estimate of drug-likeness (QED) is 0.558. The van der Waals surface area contributed by atoms with Crippen LogP contribution in [0, 0.1) is 0 Å². The van der Waals surface area contributed by atoms with E-state index in [0.717, 1.165) is 10.8 Å². The summed E-state index contributed by atoms with van der Waals surface area (Å²) < 4.78 is 15.5. The van der Waals surface area contributed by atoms with Gasteiger partial charge in [-0.1, -0.05) is 42.5 Å². The van der Waals surface area contributed by atoms with Gasteiger partial charge in [0.1, 0.15) is 5.70 Å². The van der Waals surface area contributed by atoms with Crippen LogP contribution in [0.2, 0.25) is 0 Å². The maximum absolute atomic E-state index is 12.9. The van der Waals surface area contributed by atoms with Crippen LogP contribution < -0.4 is 14.8 Å². The van der Waals surface area contributed by atoms with E-state index in [1.165, 1.54) is 13.2 Å². The van der Waals surface area contributed by atoms with Gasteiger partial charge in [-0.05, 0) is 40.6 Å². The molecular weight excluding hydrogens is 358 g/mol. The summed E-state index contributed by atoms with van der Waals surface area (Å²) in [5.41, 5.74) is 1.17. The van der Waals surface area contributed by atoms with Crippen LogP contribution in [-0.2, 0) is 9.53 Å². The number of methoxy groups -OCH3 is 1. The fourth-order valence-corrected chi connectivity index (χ4v) is 3.04. The molecular formula is C22H17NO5. The average molecular weight is 375 g/mol. The zero-order chi connectivity index (χ0) is 19.5. The van der Waals surface area contributed by atoms with Gasteiger partial charge in [-0.3, -0.25) is 4.79 Å². The first-order valence-corrected chi connectivity index (χ1v) is 8.64. The maximum Gasteiger partial charge on any atom is 0.354 e. The third-order valence-electron chi connectivity index (χ3n) is 4.40. The van der Waals surface area contributed by atoms with Crippen LogP contribution in [0.4, 0.5) is 0 Å². The van der Waals surface area contributed by atoms with E-state index in [2.05, 4.69) is 5.32 Å². The van der Waals surface area contributed by atoms with Crippen molar-refractivity contribution in [2.24, 2.45) is 0 Å². The van der Waals surface area contributed by atoms with E-state index >= 15 is 0 Å². The van der Waals surface area contributed by atoms with Gasteiger partial charge in [-0.15, -0.1) is 0 Å². The molecule has 1 aliphatic heterocycles. The molecule has 0 spiro atoms. The molecule has 0 radical (unpaired) electrons. The van der Waals surface area contributed by atoms with Gasteiger partial charge in [-0.2, -0.15) is 0 Å². The summed E-state index contributed by atoms with van der Waals surface area (Å²) in [6.07, 6.45) is 1.54. The Kier molecular flexibility index (Phi) is 4.68. The van der Waals surface area contributed by atoms with Crippen molar-refractivity contribution in [2.75, 3.05) is 13.9 Å². The second-order valence-electron chi connectivity index (χ2n) is 6.14. The maximum atomic E-state index is 12.9. The molecule has 1 aliphatic rings. The number of carbonyl (C=O) groups is 2. The molecule has 1 amide bonds. The Labute approximate surface area is 161 Å². The fraction of sp³-hybridized carbons (Fsp3) is 0.0909. The third-order valence-corrected chi connectivity index (χ3v) is 4.40. The van der Waals surface area contributed by atoms with E-state index in [1.54, 1.807) is 30.3 Å². The molecule has 0 unspecified atom stereocenters. The van der Waals surface area contributed by atoms with Crippen molar-refractivity contribution in [3.8, 4) is 11.5 Å². The number of rotatable bonds is 4. The lowest BCUT2D eigenvalue weighted by Crippen LogP contribution is -2.28. The second-order valence-corrected chi connectivity index (χ2v) is 6.14. The van der Waals surface area contributed by atoms with E-state index in [9.17, 15) is 9.59 Å². The van der Waals surface area contributed by atoms with Crippen LogP contribution in [0.3, 0.4) is 0 Å². The Bertz CT molecular complexity index is 1100. The molecule has 3 aromatic rings. The first-order chi connectivity index (χ1) is 13.7. The van der Waals surface area contributed by atoms with Crippen LogP contribution >= 0.6 is 0 Å². The van der Waals surface area contributed by atoms with Crippen LogP contribution in [0.5, 0.6) is 11.5 Å². The fourth-order valence-electron chi connectivity index (χ4n) is 3.04. The minimum atomic E-state index is -0.647. The van der Waals surface area contributed by atoms with Gasteiger partial charge < -0.3 is 19.5 Å². The largest absolute Gasteiger partial charge is 0.464 e. The Hall–Kier alpha value is -3.80. The number of carbonyl (C=O) groups excluding carboxylic acids is 2. The number of ether oxygens (including phenoxy) is 3. The first kappa shape index (κ1) is 17.6. The van der Waals surface area contributed by atoms with Gasteiger partial charge in [0.15, 0.2) is 11.5 Å². The number of fused-ring (bicyclic) bond motifs is 2. The second kappa shape index (κ2) is 7.44. The van der Waals surface area contributed by atoms with Gasteiger partial charge in [0.2, 0.25) is 6.79 Å². The Morgan fingerprint density at radius 2 is 1.79 bits per heavy atom. The van der Waals surface area contributed by atoms with Gasteiger partial charge in [0, 0.05) is 5.56 Å². The summed E-state index contributed by atoms with van der Waals surface area (Å²) in [6, 6.07) is 18.2. The molecule has 0 atom stereocenters. The highest BCUT2D eigenvalue weighted by atomic mass is 16.7. The Morgan fingerprint density at radius 3 is 2.64 bits per heavy atom. The van der Waals surface area contributed by atoms with E-state index in [4.69, 9.17) is 14.2 Å². The molecule has 0 saturated carbocycles. The molecule has 1 N–H and O–H groups in total. The first-order valence-electron chi connectivity index (χ1n) is 8.64. The third kappa shape index (κ3) is 3.40. The Balaban J connectivity index is 1.67. The van der Waals surface area contributed by atoms with Crippen molar-refractivity contribution < 1.29 is 23.8 Å². The molecule has 0 saturated heterocycles. The normalized spacial score (nSPS) is 12.7. The summed E-state index contributed by atoms with van der Waals surface area (Å²) in [5.74, 6) is 0.176. The standard InChI is InChI=1S/C22H17NO5/c1-26-22(25)18(11-14-9-10-19-20(12-14)28-13-27-19)23-21(24)17-8-4-6-15-5-2-3-7-16(15)17/h2-12H,13H2,1H3,(H,23,24)/b18-11-. The molecule has 1 heterocycles. The molecule has 0 fully saturated rings. The van der Waals surface area contributed by atoms with Crippen molar-refractivity contribution >= 4 is 28.7 Å². The number of hydrogen-bond donors (Lipinski definition) is 1. The van der Waals surface area contributed by atoms with Crippen molar-refractivity contribution in [2.45, 2.75) is 0 Å². The monoisotopic (exact) mass is 375 g/mol. The van der Waals surface area contributed by atoms with E-state index in [1.807, 2.05) is 30.3 Å². The lowest BCUT2D eigenvalue weighted by atomic mass is 10.0. The lowest BCUT2D eigenvalue weighted by Gasteiger charge is -2.10. The average Bonchev–Trinajstić information content (AvgIpc) is 3.20. The van der Waals surface area contributed by atoms with Crippen LogP contribution in [0.25, 0.3) is 16.8 Å². The molecule has 0 aromatic heterocycles. The highest BCUT2D eigenvalue weighted by molar-refractivity contribution is 6.10. The predicted molar refractivity (Wildman–Crippen MR) is 104 cm³/mol. The zero-order valence-corrected chi connectivity index (χ0v) is 15.1. The van der Waals surface area contributed by atoms with Crippen LogP contribution in [0.1, 0.15) is 15.9 Å². The molecule has 0 aliphatic carbocycles.